The molecule has 0 saturated carbocycles. The molecule has 1 aliphatic heterocycles. The molecule has 0 aliphatic carbocycles. The van der Waals surface area contributed by atoms with Crippen LogP contribution in [0.4, 0.5) is 0 Å². The van der Waals surface area contributed by atoms with Gasteiger partial charge in [0.15, 0.2) is 11.5 Å². The highest BCUT2D eigenvalue weighted by Crippen LogP contribution is 2.34. The highest BCUT2D eigenvalue weighted by atomic mass is 32.2. The van der Waals surface area contributed by atoms with E-state index in [1.165, 1.54) is 4.90 Å². The number of aliphatic hydroxyl groups excluding tert-OH is 1. The molecule has 0 amide bonds. The maximum Gasteiger partial charge on any atom is 0.162 e. The molecule has 5 heteroatoms. The number of aliphatic hydroxyl groups is 1. The average molecular weight is 311 g/mol. The molecular weight excluding hydrogens is 286 g/mol. The van der Waals surface area contributed by atoms with E-state index in [-0.39, 0.29) is 6.61 Å². The summed E-state index contributed by atoms with van der Waals surface area (Å²) in [6.45, 7) is 3.51. The first-order valence-corrected chi connectivity index (χ1v) is 8.57. The van der Waals surface area contributed by atoms with Gasteiger partial charge in [0.1, 0.15) is 0 Å². The van der Waals surface area contributed by atoms with Gasteiger partial charge in [-0.15, -0.1) is 11.8 Å². The largest absolute Gasteiger partial charge is 0.490 e. The summed E-state index contributed by atoms with van der Waals surface area (Å²) in [4.78, 5) is 1.18. The van der Waals surface area contributed by atoms with E-state index in [1.807, 2.05) is 19.1 Å². The minimum Gasteiger partial charge on any atom is -0.490 e. The van der Waals surface area contributed by atoms with E-state index in [1.54, 1.807) is 11.8 Å². The predicted molar refractivity (Wildman–Crippen MR) is 86.3 cm³/mol. The van der Waals surface area contributed by atoms with Crippen molar-refractivity contribution in [3.8, 4) is 11.5 Å². The van der Waals surface area contributed by atoms with Crippen molar-refractivity contribution in [2.75, 3.05) is 25.6 Å². The molecule has 2 rings (SSSR count). The Morgan fingerprint density at radius 1 is 1.29 bits per heavy atom. The summed E-state index contributed by atoms with van der Waals surface area (Å²) in [6, 6.07) is 6.10. The molecule has 3 N–H and O–H groups in total. The number of nitrogens with two attached hydrogens (primary N) is 1. The van der Waals surface area contributed by atoms with Crippen LogP contribution < -0.4 is 15.2 Å². The summed E-state index contributed by atoms with van der Waals surface area (Å²) in [5, 5.41) is 9.30. The molecule has 1 heterocycles. The Hall–Kier alpha value is -0.910. The van der Waals surface area contributed by atoms with Crippen LogP contribution >= 0.6 is 11.8 Å². The van der Waals surface area contributed by atoms with E-state index in [4.69, 9.17) is 15.2 Å². The Bertz CT molecular complexity index is 449. The number of benzene rings is 1. The molecule has 0 aromatic heterocycles. The van der Waals surface area contributed by atoms with Crippen LogP contribution in [0.2, 0.25) is 0 Å². The first-order valence-electron chi connectivity index (χ1n) is 7.59. The standard InChI is InChI=1S/C16H25NO3S/c1-2-16(17,12-18)7-3-10-21-13-5-6-14-15(11-13)20-9-4-8-19-14/h5-6,11,18H,2-4,7-10,12,17H2,1H3. The van der Waals surface area contributed by atoms with Crippen molar-refractivity contribution in [1.29, 1.82) is 0 Å². The molecule has 1 aromatic rings. The lowest BCUT2D eigenvalue weighted by molar-refractivity contribution is 0.182. The summed E-state index contributed by atoms with van der Waals surface area (Å²) in [5.41, 5.74) is 5.66. The van der Waals surface area contributed by atoms with Gasteiger partial charge >= 0.3 is 0 Å². The van der Waals surface area contributed by atoms with Crippen LogP contribution in [0.3, 0.4) is 0 Å². The van der Waals surface area contributed by atoms with E-state index in [0.29, 0.717) is 6.61 Å². The highest BCUT2D eigenvalue weighted by molar-refractivity contribution is 7.99. The third kappa shape index (κ3) is 4.80. The fourth-order valence-corrected chi connectivity index (χ4v) is 3.09. The number of hydrogen-bond donors (Lipinski definition) is 2. The first-order chi connectivity index (χ1) is 10.2. The summed E-state index contributed by atoms with van der Waals surface area (Å²) in [6.07, 6.45) is 3.56. The van der Waals surface area contributed by atoms with Crippen molar-refractivity contribution in [3.63, 3.8) is 0 Å². The summed E-state index contributed by atoms with van der Waals surface area (Å²) < 4.78 is 11.3. The van der Waals surface area contributed by atoms with Gasteiger partial charge in [-0.3, -0.25) is 0 Å². The summed E-state index contributed by atoms with van der Waals surface area (Å²) in [7, 11) is 0. The third-order valence-corrected chi connectivity index (χ3v) is 4.91. The topological polar surface area (TPSA) is 64.7 Å². The Morgan fingerprint density at radius 2 is 2.05 bits per heavy atom. The second-order valence-electron chi connectivity index (χ2n) is 5.49. The zero-order valence-electron chi connectivity index (χ0n) is 12.6. The Kier molecular flexibility index (Phi) is 6.21. The number of rotatable bonds is 7. The second kappa shape index (κ2) is 7.92. The van der Waals surface area contributed by atoms with E-state index in [9.17, 15) is 5.11 Å². The van der Waals surface area contributed by atoms with Crippen LogP contribution in [0.25, 0.3) is 0 Å². The van der Waals surface area contributed by atoms with Gasteiger partial charge in [0.05, 0.1) is 19.8 Å². The maximum atomic E-state index is 9.30. The van der Waals surface area contributed by atoms with E-state index >= 15 is 0 Å². The fraction of sp³-hybridized carbons (Fsp3) is 0.625. The van der Waals surface area contributed by atoms with Gasteiger partial charge in [-0.25, -0.2) is 0 Å². The number of fused-ring (bicyclic) bond motifs is 1. The van der Waals surface area contributed by atoms with Crippen LogP contribution in [0.15, 0.2) is 23.1 Å². The summed E-state index contributed by atoms with van der Waals surface area (Å²) in [5.74, 6) is 2.66. The third-order valence-electron chi connectivity index (χ3n) is 3.83. The predicted octanol–water partition coefficient (Wildman–Crippen LogP) is 2.82. The molecule has 1 aliphatic rings. The normalized spacial score (nSPS) is 17.1. The van der Waals surface area contributed by atoms with Crippen LogP contribution in [-0.4, -0.2) is 36.2 Å². The van der Waals surface area contributed by atoms with Gasteiger partial charge in [0, 0.05) is 16.9 Å². The molecule has 0 fully saturated rings. The van der Waals surface area contributed by atoms with Crippen LogP contribution in [0, 0.1) is 0 Å². The monoisotopic (exact) mass is 311 g/mol. The highest BCUT2D eigenvalue weighted by Gasteiger charge is 2.20. The van der Waals surface area contributed by atoms with E-state index in [2.05, 4.69) is 6.07 Å². The molecule has 0 saturated heterocycles. The van der Waals surface area contributed by atoms with Crippen molar-refractivity contribution < 1.29 is 14.6 Å². The Labute approximate surface area is 131 Å². The number of hydrogen-bond acceptors (Lipinski definition) is 5. The molecule has 21 heavy (non-hydrogen) atoms. The first kappa shape index (κ1) is 16.5. The quantitative estimate of drug-likeness (QED) is 0.599. The smallest absolute Gasteiger partial charge is 0.162 e. The SMILES string of the molecule is CCC(N)(CO)CCCSc1ccc2c(c1)OCCCO2. The van der Waals surface area contributed by atoms with Crippen molar-refractivity contribution >= 4 is 11.8 Å². The van der Waals surface area contributed by atoms with E-state index in [0.717, 1.165) is 49.5 Å². The van der Waals surface area contributed by atoms with Crippen LogP contribution in [0.1, 0.15) is 32.6 Å². The molecule has 0 radical (unpaired) electrons. The lowest BCUT2D eigenvalue weighted by Crippen LogP contribution is -2.42. The minimum absolute atomic E-state index is 0.0538. The maximum absolute atomic E-state index is 9.30. The fourth-order valence-electron chi connectivity index (χ4n) is 2.22. The lowest BCUT2D eigenvalue weighted by Gasteiger charge is -2.25. The molecule has 118 valence electrons. The van der Waals surface area contributed by atoms with Crippen molar-refractivity contribution in [1.82, 2.24) is 0 Å². The zero-order valence-corrected chi connectivity index (χ0v) is 13.5. The molecule has 1 atom stereocenters. The zero-order chi connectivity index (χ0) is 15.1. The number of thioether (sulfide) groups is 1. The molecule has 0 bridgehead atoms. The van der Waals surface area contributed by atoms with Crippen molar-refractivity contribution in [2.45, 2.75) is 43.0 Å². The molecule has 1 aromatic carbocycles. The van der Waals surface area contributed by atoms with Crippen molar-refractivity contribution in [3.05, 3.63) is 18.2 Å². The van der Waals surface area contributed by atoms with Gasteiger partial charge in [0.25, 0.3) is 0 Å². The van der Waals surface area contributed by atoms with Gasteiger partial charge < -0.3 is 20.3 Å². The molecule has 4 nitrogen and oxygen atoms in total. The van der Waals surface area contributed by atoms with Crippen LogP contribution in [-0.2, 0) is 0 Å². The summed E-state index contributed by atoms with van der Waals surface area (Å²) >= 11 is 1.79. The van der Waals surface area contributed by atoms with E-state index < -0.39 is 5.54 Å². The molecule has 1 unspecified atom stereocenters. The van der Waals surface area contributed by atoms with Crippen LogP contribution in [0.5, 0.6) is 11.5 Å². The Morgan fingerprint density at radius 3 is 2.76 bits per heavy atom. The minimum atomic E-state index is -0.425. The van der Waals surface area contributed by atoms with Gasteiger partial charge in [-0.2, -0.15) is 0 Å². The number of ether oxygens (including phenoxy) is 2. The van der Waals surface area contributed by atoms with Gasteiger partial charge in [-0.1, -0.05) is 6.92 Å². The van der Waals surface area contributed by atoms with Gasteiger partial charge in [-0.05, 0) is 43.2 Å². The van der Waals surface area contributed by atoms with Crippen molar-refractivity contribution in [2.24, 2.45) is 5.73 Å². The molecular formula is C16H25NO3S. The van der Waals surface area contributed by atoms with Gasteiger partial charge in [0.2, 0.25) is 0 Å². The molecule has 0 spiro atoms. The Balaban J connectivity index is 1.82. The second-order valence-corrected chi connectivity index (χ2v) is 6.65. The average Bonchev–Trinajstić information content (AvgIpc) is 2.76. The lowest BCUT2D eigenvalue weighted by atomic mass is 9.93.